The molecular weight excluding hydrogens is 190 g/mol. The summed E-state index contributed by atoms with van der Waals surface area (Å²) in [4.78, 5) is 13.8. The molecule has 0 saturated carbocycles. The number of carbonyl (C=O) groups is 1. The van der Waals surface area contributed by atoms with Gasteiger partial charge in [0.05, 0.1) is 0 Å². The highest BCUT2D eigenvalue weighted by atomic mass is 16.4. The number of aromatic nitrogens is 2. The summed E-state index contributed by atoms with van der Waals surface area (Å²) in [5.74, 6) is -2.27. The van der Waals surface area contributed by atoms with Crippen molar-refractivity contribution in [2.45, 2.75) is 0 Å². The van der Waals surface area contributed by atoms with E-state index >= 15 is 0 Å². The van der Waals surface area contributed by atoms with Gasteiger partial charge >= 0.3 is 11.9 Å². The van der Waals surface area contributed by atoms with Crippen LogP contribution in [0.2, 0.25) is 0 Å². The van der Waals surface area contributed by atoms with Crippen LogP contribution < -0.4 is 11.5 Å². The van der Waals surface area contributed by atoms with Gasteiger partial charge in [0.25, 0.3) is 5.89 Å². The van der Waals surface area contributed by atoms with Crippen molar-refractivity contribution in [2.24, 2.45) is 16.5 Å². The van der Waals surface area contributed by atoms with E-state index < -0.39 is 11.9 Å². The van der Waals surface area contributed by atoms with Crippen LogP contribution in [0, 0.1) is 0 Å². The van der Waals surface area contributed by atoms with Gasteiger partial charge in [0, 0.05) is 0 Å². The molecule has 0 bridgehead atoms. The van der Waals surface area contributed by atoms with Crippen LogP contribution in [0.3, 0.4) is 0 Å². The average Bonchev–Trinajstić information content (AvgIpc) is 2.53. The predicted molar refractivity (Wildman–Crippen MR) is 46.1 cm³/mol. The Labute approximate surface area is 77.9 Å². The Morgan fingerprint density at radius 1 is 1.43 bits per heavy atom. The summed E-state index contributed by atoms with van der Waals surface area (Å²) >= 11 is 0. The molecule has 0 amide bonds. The largest absolute Gasteiger partial charge is 0.474 e. The summed E-state index contributed by atoms with van der Waals surface area (Å²) in [5.41, 5.74) is 10.4. The fourth-order valence-electron chi connectivity index (χ4n) is 0.688. The zero-order chi connectivity index (χ0) is 10.7. The first-order chi connectivity index (χ1) is 6.56. The molecule has 0 aromatic carbocycles. The molecule has 0 radical (unpaired) electrons. The number of nitrogens with zero attached hydrogens (tertiary/aromatic N) is 3. The summed E-state index contributed by atoms with van der Waals surface area (Å²) in [6, 6.07) is 0. The molecule has 0 aliphatic rings. The van der Waals surface area contributed by atoms with E-state index in [-0.39, 0.29) is 17.4 Å². The van der Waals surface area contributed by atoms with Gasteiger partial charge in [0.15, 0.2) is 5.70 Å². The minimum Gasteiger partial charge on any atom is -0.474 e. The van der Waals surface area contributed by atoms with Gasteiger partial charge in [-0.1, -0.05) is 0 Å². The average molecular weight is 197 g/mol. The predicted octanol–water partition coefficient (Wildman–Crippen LogP) is -0.988. The number of hydrogen-bond donors (Lipinski definition) is 3. The van der Waals surface area contributed by atoms with Crippen LogP contribution in [0.1, 0.15) is 16.6 Å². The number of aromatic carboxylic acids is 1. The van der Waals surface area contributed by atoms with E-state index in [0.717, 1.165) is 0 Å². The molecule has 74 valence electrons. The third-order valence-corrected chi connectivity index (χ3v) is 1.24. The smallest absolute Gasteiger partial charge is 0.393 e. The highest BCUT2D eigenvalue weighted by molar-refractivity contribution is 5.82. The van der Waals surface area contributed by atoms with E-state index in [1.807, 2.05) is 0 Å². The van der Waals surface area contributed by atoms with E-state index in [9.17, 15) is 4.79 Å². The van der Waals surface area contributed by atoms with Crippen LogP contribution >= 0.6 is 0 Å². The number of rotatable bonds is 3. The topological polar surface area (TPSA) is 141 Å². The lowest BCUT2D eigenvalue weighted by Gasteiger charge is -1.95. The van der Waals surface area contributed by atoms with Crippen LogP contribution in [0.4, 0.5) is 0 Å². The Kier molecular flexibility index (Phi) is 2.47. The number of carboxylic acids is 1. The van der Waals surface area contributed by atoms with Gasteiger partial charge in [-0.25, -0.2) is 4.79 Å². The monoisotopic (exact) mass is 197 g/mol. The fraction of sp³-hybridized carbons (Fsp3) is 0. The molecule has 0 unspecified atom stereocenters. The van der Waals surface area contributed by atoms with Crippen LogP contribution in [0.25, 0.3) is 5.70 Å². The Hall–Kier alpha value is -2.38. The normalized spacial score (nSPS) is 9.43. The number of hydrogen-bond acceptors (Lipinski definition) is 7. The van der Waals surface area contributed by atoms with Crippen LogP contribution in [0.5, 0.6) is 0 Å². The third-order valence-electron chi connectivity index (χ3n) is 1.24. The molecule has 8 nitrogen and oxygen atoms in total. The summed E-state index contributed by atoms with van der Waals surface area (Å²) < 4.78 is 4.69. The second kappa shape index (κ2) is 3.56. The van der Waals surface area contributed by atoms with Crippen LogP contribution in [-0.2, 0) is 0 Å². The van der Waals surface area contributed by atoms with Gasteiger partial charge in [-0.3, -0.25) is 4.99 Å². The van der Waals surface area contributed by atoms with Crippen molar-refractivity contribution >= 4 is 18.4 Å². The molecule has 0 fully saturated rings. The summed E-state index contributed by atoms with van der Waals surface area (Å²) in [6.45, 7) is 3.17. The maximum absolute atomic E-state index is 10.4. The molecule has 0 aliphatic heterocycles. The number of carboxylic acid groups (broad SMARTS) is 1. The fourth-order valence-corrected chi connectivity index (χ4v) is 0.688. The number of nitrogens with two attached hydrogens (primary N) is 2. The molecule has 1 aromatic heterocycles. The van der Waals surface area contributed by atoms with Gasteiger partial charge in [0.2, 0.25) is 0 Å². The Morgan fingerprint density at radius 2 is 2.00 bits per heavy atom. The molecular formula is C6H7N5O3. The SMILES string of the molecule is C=NC(=C(N)N)c1nnc(C(=O)O)o1. The number of aliphatic imine (C=N–C) groups is 1. The first-order valence-electron chi connectivity index (χ1n) is 3.35. The quantitative estimate of drug-likeness (QED) is 0.528. The standard InChI is InChI=1S/C6H7N5O3/c1-9-2(3(7)8)4-10-11-5(14-4)6(12)13/h1,7-8H2,(H,12,13). The lowest BCUT2D eigenvalue weighted by molar-refractivity contribution is 0.0653. The van der Waals surface area contributed by atoms with Crippen LogP contribution in [0.15, 0.2) is 15.2 Å². The Balaban J connectivity index is 3.14. The first-order valence-corrected chi connectivity index (χ1v) is 3.35. The van der Waals surface area contributed by atoms with Crippen molar-refractivity contribution in [3.05, 3.63) is 17.6 Å². The minimum absolute atomic E-state index is 0.0370. The molecule has 1 aromatic rings. The second-order valence-electron chi connectivity index (χ2n) is 2.18. The van der Waals surface area contributed by atoms with Crippen molar-refractivity contribution in [3.63, 3.8) is 0 Å². The highest BCUT2D eigenvalue weighted by Crippen LogP contribution is 2.13. The second-order valence-corrected chi connectivity index (χ2v) is 2.18. The van der Waals surface area contributed by atoms with E-state index in [0.29, 0.717) is 0 Å². The summed E-state index contributed by atoms with van der Waals surface area (Å²) in [6.07, 6.45) is 0. The van der Waals surface area contributed by atoms with E-state index in [1.165, 1.54) is 0 Å². The molecule has 1 heterocycles. The van der Waals surface area contributed by atoms with Crippen molar-refractivity contribution in [1.82, 2.24) is 10.2 Å². The Bertz CT molecular complexity index is 403. The summed E-state index contributed by atoms with van der Waals surface area (Å²) in [5, 5.41) is 15.1. The molecule has 1 rings (SSSR count). The molecule has 0 saturated heterocycles. The van der Waals surface area contributed by atoms with E-state index in [2.05, 4.69) is 26.3 Å². The van der Waals surface area contributed by atoms with Gasteiger partial charge < -0.3 is 21.0 Å². The van der Waals surface area contributed by atoms with Crippen molar-refractivity contribution in [3.8, 4) is 0 Å². The molecule has 0 atom stereocenters. The first kappa shape index (κ1) is 9.71. The van der Waals surface area contributed by atoms with Crippen molar-refractivity contribution in [1.29, 1.82) is 0 Å². The molecule has 0 spiro atoms. The molecule has 5 N–H and O–H groups in total. The lowest BCUT2D eigenvalue weighted by atomic mass is 10.4. The van der Waals surface area contributed by atoms with Crippen molar-refractivity contribution < 1.29 is 14.3 Å². The van der Waals surface area contributed by atoms with Gasteiger partial charge in [-0.05, 0) is 6.72 Å². The van der Waals surface area contributed by atoms with Gasteiger partial charge in [-0.15, -0.1) is 10.2 Å². The van der Waals surface area contributed by atoms with Crippen LogP contribution in [-0.4, -0.2) is 28.0 Å². The summed E-state index contributed by atoms with van der Waals surface area (Å²) in [7, 11) is 0. The van der Waals surface area contributed by atoms with Gasteiger partial charge in [-0.2, -0.15) is 0 Å². The Morgan fingerprint density at radius 3 is 2.36 bits per heavy atom. The van der Waals surface area contributed by atoms with Gasteiger partial charge in [0.1, 0.15) is 5.82 Å². The van der Waals surface area contributed by atoms with E-state index in [4.69, 9.17) is 16.6 Å². The lowest BCUT2D eigenvalue weighted by Crippen LogP contribution is -2.10. The van der Waals surface area contributed by atoms with Crippen molar-refractivity contribution in [2.75, 3.05) is 0 Å². The molecule has 0 aliphatic carbocycles. The van der Waals surface area contributed by atoms with E-state index in [1.54, 1.807) is 0 Å². The molecule has 8 heteroatoms. The maximum Gasteiger partial charge on any atom is 0.393 e. The molecule has 14 heavy (non-hydrogen) atoms. The highest BCUT2D eigenvalue weighted by Gasteiger charge is 2.16. The maximum atomic E-state index is 10.4. The zero-order valence-corrected chi connectivity index (χ0v) is 6.97. The third kappa shape index (κ3) is 1.68. The zero-order valence-electron chi connectivity index (χ0n) is 6.97. The minimum atomic E-state index is -1.34.